The minimum absolute atomic E-state index is 0.1000. The summed E-state index contributed by atoms with van der Waals surface area (Å²) in [6.07, 6.45) is 7.22. The lowest BCUT2D eigenvalue weighted by molar-refractivity contribution is -0.150. The van der Waals surface area contributed by atoms with Crippen LogP contribution < -0.4 is 9.47 Å². The lowest BCUT2D eigenvalue weighted by atomic mass is 9.67. The molecule has 152 valence electrons. The molecule has 0 fully saturated rings. The smallest absolute Gasteiger partial charge is 0.308 e. The molecule has 6 nitrogen and oxygen atoms in total. The molecule has 3 atom stereocenters. The van der Waals surface area contributed by atoms with Crippen LogP contribution in [0, 0.1) is 0 Å². The number of ether oxygens (including phenoxy) is 3. The summed E-state index contributed by atoms with van der Waals surface area (Å²) in [5.41, 5.74) is 2.18. The number of hydrogen-bond donors (Lipinski definition) is 1. The van der Waals surface area contributed by atoms with E-state index in [2.05, 4.69) is 24.1 Å². The van der Waals surface area contributed by atoms with Gasteiger partial charge in [-0.1, -0.05) is 25.1 Å². The van der Waals surface area contributed by atoms with Crippen molar-refractivity contribution < 1.29 is 24.1 Å². The average molecular weight is 387 g/mol. The maximum Gasteiger partial charge on any atom is 0.308 e. The monoisotopic (exact) mass is 387 g/mol. The van der Waals surface area contributed by atoms with Gasteiger partial charge in [0.25, 0.3) is 0 Å². The zero-order chi connectivity index (χ0) is 19.7. The molecule has 4 rings (SSSR count). The second kappa shape index (κ2) is 7.76. The molecule has 1 aliphatic carbocycles. The molecule has 1 aromatic carbocycles. The highest BCUT2D eigenvalue weighted by molar-refractivity contribution is 5.69. The predicted octanol–water partition coefficient (Wildman–Crippen LogP) is 2.91. The summed E-state index contributed by atoms with van der Waals surface area (Å²) in [6.45, 7) is 3.70. The summed E-state index contributed by atoms with van der Waals surface area (Å²) in [7, 11) is 2.13. The SMILES string of the molecule is CCCC(=O)OCOc1ccc2c3c1OC1CC(O)C=CC31CCCN(C)C2. The number of esters is 1. The molecule has 0 saturated carbocycles. The molecule has 3 unspecified atom stereocenters. The van der Waals surface area contributed by atoms with E-state index in [0.717, 1.165) is 38.1 Å². The van der Waals surface area contributed by atoms with Gasteiger partial charge in [0, 0.05) is 24.9 Å². The average Bonchev–Trinajstić information content (AvgIpc) is 2.97. The maximum absolute atomic E-state index is 11.6. The molecule has 3 aliphatic rings. The molecule has 2 heterocycles. The summed E-state index contributed by atoms with van der Waals surface area (Å²) in [6, 6.07) is 4.00. The lowest BCUT2D eigenvalue weighted by Gasteiger charge is -2.38. The highest BCUT2D eigenvalue weighted by atomic mass is 16.7. The van der Waals surface area contributed by atoms with Crippen molar-refractivity contribution in [2.45, 2.75) is 63.2 Å². The molecule has 0 aromatic heterocycles. The minimum Gasteiger partial charge on any atom is -0.485 e. The third-order valence-corrected chi connectivity index (χ3v) is 6.04. The molecular formula is C22H29NO5. The summed E-state index contributed by atoms with van der Waals surface area (Å²) < 4.78 is 17.3. The van der Waals surface area contributed by atoms with Crippen molar-refractivity contribution in [3.63, 3.8) is 0 Å². The van der Waals surface area contributed by atoms with E-state index >= 15 is 0 Å². The molecule has 1 N–H and O–H groups in total. The number of carbonyl (C=O) groups is 1. The second-order valence-electron chi connectivity index (χ2n) is 8.11. The Hall–Kier alpha value is -2.05. The predicted molar refractivity (Wildman–Crippen MR) is 104 cm³/mol. The molecule has 1 spiro atoms. The number of rotatable bonds is 5. The van der Waals surface area contributed by atoms with Crippen molar-refractivity contribution >= 4 is 5.97 Å². The van der Waals surface area contributed by atoms with E-state index in [4.69, 9.17) is 14.2 Å². The van der Waals surface area contributed by atoms with Crippen molar-refractivity contribution in [2.75, 3.05) is 20.4 Å². The van der Waals surface area contributed by atoms with Crippen LogP contribution in [0.5, 0.6) is 11.5 Å². The molecule has 0 radical (unpaired) electrons. The molecule has 0 amide bonds. The van der Waals surface area contributed by atoms with Crippen LogP contribution in [0.4, 0.5) is 0 Å². The van der Waals surface area contributed by atoms with Gasteiger partial charge >= 0.3 is 5.97 Å². The van der Waals surface area contributed by atoms with Crippen molar-refractivity contribution in [1.29, 1.82) is 0 Å². The van der Waals surface area contributed by atoms with Gasteiger partial charge in [0.15, 0.2) is 11.5 Å². The Morgan fingerprint density at radius 2 is 2.29 bits per heavy atom. The van der Waals surface area contributed by atoms with Gasteiger partial charge in [-0.2, -0.15) is 0 Å². The van der Waals surface area contributed by atoms with Gasteiger partial charge in [0.2, 0.25) is 6.79 Å². The van der Waals surface area contributed by atoms with Crippen LogP contribution in [0.2, 0.25) is 0 Å². The summed E-state index contributed by atoms with van der Waals surface area (Å²) >= 11 is 0. The summed E-state index contributed by atoms with van der Waals surface area (Å²) in [5, 5.41) is 10.2. The third-order valence-electron chi connectivity index (χ3n) is 6.04. The fourth-order valence-electron chi connectivity index (χ4n) is 4.73. The van der Waals surface area contributed by atoms with E-state index in [1.54, 1.807) is 0 Å². The highest BCUT2D eigenvalue weighted by Gasteiger charge is 2.52. The number of hydrogen-bond acceptors (Lipinski definition) is 6. The highest BCUT2D eigenvalue weighted by Crippen LogP contribution is 2.55. The summed E-state index contributed by atoms with van der Waals surface area (Å²) in [4.78, 5) is 13.9. The zero-order valence-electron chi connectivity index (χ0n) is 16.6. The molecular weight excluding hydrogens is 358 g/mol. The number of carbonyl (C=O) groups excluding carboxylic acids is 1. The van der Waals surface area contributed by atoms with Gasteiger partial charge in [-0.3, -0.25) is 4.79 Å². The van der Waals surface area contributed by atoms with Crippen molar-refractivity contribution in [1.82, 2.24) is 4.90 Å². The Kier molecular flexibility index (Phi) is 5.34. The van der Waals surface area contributed by atoms with Gasteiger partial charge in [-0.25, -0.2) is 0 Å². The Morgan fingerprint density at radius 1 is 1.43 bits per heavy atom. The maximum atomic E-state index is 11.6. The van der Waals surface area contributed by atoms with E-state index in [1.807, 2.05) is 19.1 Å². The van der Waals surface area contributed by atoms with E-state index in [-0.39, 0.29) is 24.3 Å². The van der Waals surface area contributed by atoms with E-state index in [1.165, 1.54) is 11.1 Å². The Labute approximate surface area is 166 Å². The van der Waals surface area contributed by atoms with Crippen LogP contribution in [0.1, 0.15) is 50.2 Å². The molecule has 2 aliphatic heterocycles. The molecule has 6 heteroatoms. The molecule has 0 saturated heterocycles. The Bertz CT molecular complexity index is 776. The van der Waals surface area contributed by atoms with Gasteiger partial charge in [0.1, 0.15) is 6.10 Å². The van der Waals surface area contributed by atoms with E-state index < -0.39 is 6.10 Å². The van der Waals surface area contributed by atoms with Crippen LogP contribution in [-0.2, 0) is 21.5 Å². The quantitative estimate of drug-likeness (QED) is 0.476. The standard InChI is InChI=1S/C22H29NO5/c1-3-5-19(25)27-14-26-17-7-6-15-13-23(2)11-4-9-22-10-8-16(24)12-18(22)28-21(17)20(15)22/h6-8,10,16,18,24H,3-5,9,11-14H2,1-2H3. The number of aliphatic hydroxyl groups excluding tert-OH is 1. The van der Waals surface area contributed by atoms with Crippen LogP contribution in [0.15, 0.2) is 24.3 Å². The third kappa shape index (κ3) is 3.40. The van der Waals surface area contributed by atoms with Crippen LogP contribution in [0.25, 0.3) is 0 Å². The first-order valence-electron chi connectivity index (χ1n) is 10.2. The van der Waals surface area contributed by atoms with Crippen molar-refractivity contribution in [3.8, 4) is 11.5 Å². The van der Waals surface area contributed by atoms with Crippen LogP contribution in [-0.4, -0.2) is 48.6 Å². The van der Waals surface area contributed by atoms with Gasteiger partial charge in [-0.15, -0.1) is 0 Å². The fraction of sp³-hybridized carbons (Fsp3) is 0.591. The molecule has 1 aromatic rings. The largest absolute Gasteiger partial charge is 0.485 e. The van der Waals surface area contributed by atoms with Gasteiger partial charge in [0.05, 0.1) is 11.5 Å². The lowest BCUT2D eigenvalue weighted by Crippen LogP contribution is -2.43. The number of aliphatic hydroxyl groups is 1. The summed E-state index contributed by atoms with van der Waals surface area (Å²) in [5.74, 6) is 1.08. The van der Waals surface area contributed by atoms with Crippen molar-refractivity contribution in [2.24, 2.45) is 0 Å². The molecule has 28 heavy (non-hydrogen) atoms. The van der Waals surface area contributed by atoms with E-state index in [0.29, 0.717) is 18.6 Å². The number of nitrogens with zero attached hydrogens (tertiary/aromatic N) is 1. The van der Waals surface area contributed by atoms with Crippen LogP contribution >= 0.6 is 0 Å². The van der Waals surface area contributed by atoms with E-state index in [9.17, 15) is 9.90 Å². The van der Waals surface area contributed by atoms with Gasteiger partial charge < -0.3 is 24.2 Å². The first kappa shape index (κ1) is 19.3. The zero-order valence-corrected chi connectivity index (χ0v) is 16.6. The van der Waals surface area contributed by atoms with Gasteiger partial charge in [-0.05, 0) is 44.5 Å². The second-order valence-corrected chi connectivity index (χ2v) is 8.11. The topological polar surface area (TPSA) is 68.2 Å². The number of benzene rings is 1. The normalized spacial score (nSPS) is 28.5. The Morgan fingerprint density at radius 3 is 3.11 bits per heavy atom. The first-order valence-corrected chi connectivity index (χ1v) is 10.2. The molecule has 0 bridgehead atoms. The first-order chi connectivity index (χ1) is 13.5. The Balaban J connectivity index is 1.67. The van der Waals surface area contributed by atoms with Crippen LogP contribution in [0.3, 0.4) is 0 Å². The minimum atomic E-state index is -0.485. The van der Waals surface area contributed by atoms with Crippen molar-refractivity contribution in [3.05, 3.63) is 35.4 Å². The fourth-order valence-corrected chi connectivity index (χ4v) is 4.73.